The predicted molar refractivity (Wildman–Crippen MR) is 48.5 cm³/mol. The Hall–Kier alpha value is -0.150. The van der Waals surface area contributed by atoms with Crippen LogP contribution in [-0.4, -0.2) is 18.8 Å². The van der Waals surface area contributed by atoms with Crippen molar-refractivity contribution in [1.82, 2.24) is 0 Å². The maximum atomic E-state index is 13.9. The summed E-state index contributed by atoms with van der Waals surface area (Å²) in [6.07, 6.45) is 5.43. The second-order valence-corrected chi connectivity index (χ2v) is 3.78. The van der Waals surface area contributed by atoms with Gasteiger partial charge in [0, 0.05) is 13.1 Å². The first-order chi connectivity index (χ1) is 5.73. The van der Waals surface area contributed by atoms with Crippen LogP contribution in [0.4, 0.5) is 4.39 Å². The number of halogens is 1. The van der Waals surface area contributed by atoms with Crippen LogP contribution < -0.4 is 11.5 Å². The molecule has 0 aromatic carbocycles. The minimum atomic E-state index is -1.29. The van der Waals surface area contributed by atoms with E-state index < -0.39 is 5.67 Å². The van der Waals surface area contributed by atoms with Crippen LogP contribution >= 0.6 is 0 Å². The Kier molecular flexibility index (Phi) is 3.47. The third kappa shape index (κ3) is 1.96. The minimum Gasteiger partial charge on any atom is -0.327 e. The first-order valence-electron chi connectivity index (χ1n) is 4.82. The molecule has 4 N–H and O–H groups in total. The van der Waals surface area contributed by atoms with Gasteiger partial charge in [-0.2, -0.15) is 0 Å². The summed E-state index contributed by atoms with van der Waals surface area (Å²) >= 11 is 0. The van der Waals surface area contributed by atoms with E-state index in [0.717, 1.165) is 25.7 Å². The fourth-order valence-electron chi connectivity index (χ4n) is 2.04. The van der Waals surface area contributed by atoms with Gasteiger partial charge in [0.05, 0.1) is 0 Å². The van der Waals surface area contributed by atoms with Crippen molar-refractivity contribution in [1.29, 1.82) is 0 Å². The Bertz CT molecular complexity index is 128. The highest BCUT2D eigenvalue weighted by molar-refractivity contribution is 4.90. The zero-order valence-corrected chi connectivity index (χ0v) is 7.56. The monoisotopic (exact) mass is 174 g/mol. The average molecular weight is 174 g/mol. The molecule has 0 heterocycles. The van der Waals surface area contributed by atoms with Gasteiger partial charge in [-0.1, -0.05) is 19.3 Å². The molecule has 0 aliphatic heterocycles. The van der Waals surface area contributed by atoms with Crippen LogP contribution in [0.25, 0.3) is 0 Å². The normalized spacial score (nSPS) is 21.2. The van der Waals surface area contributed by atoms with Crippen LogP contribution in [-0.2, 0) is 0 Å². The van der Waals surface area contributed by atoms with Crippen LogP contribution in [0.5, 0.6) is 0 Å². The van der Waals surface area contributed by atoms with Gasteiger partial charge in [-0.3, -0.25) is 0 Å². The summed E-state index contributed by atoms with van der Waals surface area (Å²) in [4.78, 5) is 0. The largest absolute Gasteiger partial charge is 0.327 e. The van der Waals surface area contributed by atoms with Crippen molar-refractivity contribution in [3.05, 3.63) is 0 Å². The molecule has 1 aliphatic carbocycles. The van der Waals surface area contributed by atoms with Crippen molar-refractivity contribution in [3.63, 3.8) is 0 Å². The molecule has 0 unspecified atom stereocenters. The van der Waals surface area contributed by atoms with Gasteiger partial charge in [0.25, 0.3) is 0 Å². The van der Waals surface area contributed by atoms with Crippen molar-refractivity contribution in [2.24, 2.45) is 17.4 Å². The second kappa shape index (κ2) is 4.19. The molecular formula is C9H19FN2. The first-order valence-corrected chi connectivity index (χ1v) is 4.82. The maximum Gasteiger partial charge on any atom is 0.138 e. The lowest BCUT2D eigenvalue weighted by molar-refractivity contribution is 0.0728. The molecule has 2 nitrogen and oxygen atoms in total. The van der Waals surface area contributed by atoms with Crippen molar-refractivity contribution in [3.8, 4) is 0 Å². The molecular weight excluding hydrogens is 155 g/mol. The summed E-state index contributed by atoms with van der Waals surface area (Å²) in [5, 5.41) is 0. The van der Waals surface area contributed by atoms with E-state index in [9.17, 15) is 4.39 Å². The zero-order valence-electron chi connectivity index (χ0n) is 7.56. The van der Waals surface area contributed by atoms with Gasteiger partial charge in [0.1, 0.15) is 5.67 Å². The molecule has 3 heteroatoms. The Morgan fingerprint density at radius 2 is 1.58 bits per heavy atom. The fraction of sp³-hybridized carbons (Fsp3) is 1.00. The van der Waals surface area contributed by atoms with Crippen molar-refractivity contribution < 1.29 is 4.39 Å². The van der Waals surface area contributed by atoms with Crippen molar-refractivity contribution in [2.45, 2.75) is 37.8 Å². The topological polar surface area (TPSA) is 52.0 Å². The number of hydrogen-bond donors (Lipinski definition) is 2. The molecule has 72 valence electrons. The molecule has 0 spiro atoms. The fourth-order valence-corrected chi connectivity index (χ4v) is 2.04. The molecule has 0 atom stereocenters. The quantitative estimate of drug-likeness (QED) is 0.675. The van der Waals surface area contributed by atoms with Gasteiger partial charge >= 0.3 is 0 Å². The van der Waals surface area contributed by atoms with Crippen LogP contribution in [0.15, 0.2) is 0 Å². The molecule has 0 aromatic rings. The molecule has 1 fully saturated rings. The molecule has 0 saturated heterocycles. The lowest BCUT2D eigenvalue weighted by Gasteiger charge is -2.34. The van der Waals surface area contributed by atoms with Crippen LogP contribution in [0.3, 0.4) is 0 Å². The summed E-state index contributed by atoms with van der Waals surface area (Å²) in [6, 6.07) is 0. The van der Waals surface area contributed by atoms with Crippen molar-refractivity contribution >= 4 is 0 Å². The predicted octanol–water partition coefficient (Wildman–Crippen LogP) is 1.19. The summed E-state index contributed by atoms with van der Waals surface area (Å²) < 4.78 is 13.9. The molecule has 0 radical (unpaired) electrons. The first kappa shape index (κ1) is 9.93. The number of nitrogens with two attached hydrogens (primary N) is 2. The van der Waals surface area contributed by atoms with E-state index in [4.69, 9.17) is 11.5 Å². The Morgan fingerprint density at radius 3 is 2.00 bits per heavy atom. The third-order valence-corrected chi connectivity index (χ3v) is 3.02. The van der Waals surface area contributed by atoms with E-state index in [1.54, 1.807) is 0 Å². The lowest BCUT2D eigenvalue weighted by atomic mass is 9.78. The van der Waals surface area contributed by atoms with Gasteiger partial charge in [-0.05, 0) is 18.8 Å². The van der Waals surface area contributed by atoms with E-state index in [0.29, 0.717) is 0 Å². The SMILES string of the molecule is NCC(F)(CN)C1CCCCC1. The number of hydrogen-bond acceptors (Lipinski definition) is 2. The van der Waals surface area contributed by atoms with Gasteiger partial charge in [-0.15, -0.1) is 0 Å². The highest BCUT2D eigenvalue weighted by Crippen LogP contribution is 2.34. The standard InChI is InChI=1S/C9H19FN2/c10-9(6-11,7-12)8-4-2-1-3-5-8/h8H,1-7,11-12H2. The zero-order chi connectivity index (χ0) is 9.03. The summed E-state index contributed by atoms with van der Waals surface area (Å²) in [7, 11) is 0. The average Bonchev–Trinajstić information content (AvgIpc) is 2.18. The summed E-state index contributed by atoms with van der Waals surface area (Å²) in [5.74, 6) is 0.112. The minimum absolute atomic E-state index is 0.0775. The van der Waals surface area contributed by atoms with E-state index in [-0.39, 0.29) is 19.0 Å². The van der Waals surface area contributed by atoms with Crippen LogP contribution in [0, 0.1) is 5.92 Å². The molecule has 0 bridgehead atoms. The number of alkyl halides is 1. The summed E-state index contributed by atoms with van der Waals surface area (Å²) in [5.41, 5.74) is 9.50. The van der Waals surface area contributed by atoms with E-state index in [1.165, 1.54) is 6.42 Å². The second-order valence-electron chi connectivity index (χ2n) is 3.78. The maximum absolute atomic E-state index is 13.9. The molecule has 1 saturated carbocycles. The molecule has 0 amide bonds. The van der Waals surface area contributed by atoms with Crippen LogP contribution in [0.2, 0.25) is 0 Å². The number of rotatable bonds is 3. The Balaban J connectivity index is 2.51. The molecule has 12 heavy (non-hydrogen) atoms. The third-order valence-electron chi connectivity index (χ3n) is 3.02. The van der Waals surface area contributed by atoms with E-state index >= 15 is 0 Å². The van der Waals surface area contributed by atoms with Gasteiger partial charge in [0.2, 0.25) is 0 Å². The Morgan fingerprint density at radius 1 is 1.08 bits per heavy atom. The highest BCUT2D eigenvalue weighted by atomic mass is 19.1. The smallest absolute Gasteiger partial charge is 0.138 e. The van der Waals surface area contributed by atoms with Crippen molar-refractivity contribution in [2.75, 3.05) is 13.1 Å². The lowest BCUT2D eigenvalue weighted by Crippen LogP contribution is -2.47. The summed E-state index contributed by atoms with van der Waals surface area (Å²) in [6.45, 7) is 0.155. The molecule has 0 aromatic heterocycles. The molecule has 1 aliphatic rings. The molecule has 1 rings (SSSR count). The van der Waals surface area contributed by atoms with Gasteiger partial charge in [-0.25, -0.2) is 4.39 Å². The Labute approximate surface area is 73.5 Å². The van der Waals surface area contributed by atoms with Gasteiger partial charge in [0.15, 0.2) is 0 Å². The van der Waals surface area contributed by atoms with E-state index in [2.05, 4.69) is 0 Å². The van der Waals surface area contributed by atoms with Gasteiger partial charge < -0.3 is 11.5 Å². The highest BCUT2D eigenvalue weighted by Gasteiger charge is 2.36. The van der Waals surface area contributed by atoms with Crippen LogP contribution in [0.1, 0.15) is 32.1 Å². The van der Waals surface area contributed by atoms with E-state index in [1.807, 2.05) is 0 Å².